The number of aryl methyl sites for hydroxylation is 1. The molecule has 1 amide bonds. The van der Waals surface area contributed by atoms with Crippen LogP contribution in [0.3, 0.4) is 0 Å². The van der Waals surface area contributed by atoms with E-state index in [9.17, 15) is 9.59 Å². The van der Waals surface area contributed by atoms with E-state index in [1.165, 1.54) is 11.8 Å². The third kappa shape index (κ3) is 3.80. The summed E-state index contributed by atoms with van der Waals surface area (Å²) in [5.41, 5.74) is 3.33. The predicted molar refractivity (Wildman–Crippen MR) is 106 cm³/mol. The van der Waals surface area contributed by atoms with Crippen molar-refractivity contribution in [2.45, 2.75) is 26.2 Å². The molecule has 136 valence electrons. The summed E-state index contributed by atoms with van der Waals surface area (Å²) in [4.78, 5) is 34.3. The average molecular weight is 377 g/mol. The first-order valence-corrected chi connectivity index (χ1v) is 9.73. The van der Waals surface area contributed by atoms with Crippen molar-refractivity contribution in [1.29, 1.82) is 0 Å². The Bertz CT molecular complexity index is 980. The number of ketones is 1. The minimum atomic E-state index is -0.0676. The summed E-state index contributed by atoms with van der Waals surface area (Å²) in [5.74, 6) is -0.0346. The van der Waals surface area contributed by atoms with Crippen molar-refractivity contribution in [2.24, 2.45) is 5.92 Å². The van der Waals surface area contributed by atoms with Crippen LogP contribution >= 0.6 is 11.3 Å². The van der Waals surface area contributed by atoms with E-state index in [0.717, 1.165) is 29.2 Å². The lowest BCUT2D eigenvalue weighted by Crippen LogP contribution is -2.27. The molecule has 5 nitrogen and oxygen atoms in total. The molecule has 1 unspecified atom stereocenters. The summed E-state index contributed by atoms with van der Waals surface area (Å²) in [6, 6.07) is 12.8. The summed E-state index contributed by atoms with van der Waals surface area (Å²) >= 11 is 1.63. The molecule has 0 bridgehead atoms. The van der Waals surface area contributed by atoms with Gasteiger partial charge >= 0.3 is 0 Å². The van der Waals surface area contributed by atoms with E-state index in [1.54, 1.807) is 41.8 Å². The second kappa shape index (κ2) is 7.40. The largest absolute Gasteiger partial charge is 0.326 e. The van der Waals surface area contributed by atoms with E-state index in [4.69, 9.17) is 4.98 Å². The molecule has 2 aromatic heterocycles. The summed E-state index contributed by atoms with van der Waals surface area (Å²) in [7, 11) is 0. The Balaban J connectivity index is 1.45. The van der Waals surface area contributed by atoms with Crippen LogP contribution in [0.4, 0.5) is 5.69 Å². The molecular formula is C21H19N3O2S. The number of amides is 1. The number of fused-ring (bicyclic) bond motifs is 1. The molecule has 2 heterocycles. The Labute approximate surface area is 161 Å². The minimum Gasteiger partial charge on any atom is -0.326 e. The molecular weight excluding hydrogens is 358 g/mol. The zero-order valence-corrected chi connectivity index (χ0v) is 15.8. The monoisotopic (exact) mass is 377 g/mol. The first-order valence-electron chi connectivity index (χ1n) is 8.92. The number of aromatic nitrogens is 2. The number of hydrogen-bond donors (Lipinski definition) is 1. The number of hydrogen-bond acceptors (Lipinski definition) is 5. The van der Waals surface area contributed by atoms with Crippen LogP contribution in [0, 0.1) is 5.92 Å². The third-order valence-corrected chi connectivity index (χ3v) is 5.90. The van der Waals surface area contributed by atoms with Gasteiger partial charge in [-0.05, 0) is 62.6 Å². The molecule has 0 aliphatic heterocycles. The number of thiazole rings is 1. The van der Waals surface area contributed by atoms with Crippen LogP contribution in [0.25, 0.3) is 10.7 Å². The van der Waals surface area contributed by atoms with Crippen molar-refractivity contribution in [2.75, 3.05) is 5.32 Å². The fraction of sp³-hybridized carbons (Fsp3) is 0.238. The maximum Gasteiger partial charge on any atom is 0.227 e. The van der Waals surface area contributed by atoms with Crippen LogP contribution in [0.2, 0.25) is 0 Å². The molecule has 0 saturated heterocycles. The van der Waals surface area contributed by atoms with Crippen molar-refractivity contribution < 1.29 is 9.59 Å². The maximum atomic E-state index is 12.7. The van der Waals surface area contributed by atoms with Gasteiger partial charge in [-0.1, -0.05) is 6.07 Å². The van der Waals surface area contributed by atoms with E-state index >= 15 is 0 Å². The number of carbonyl (C=O) groups excluding carboxylic acids is 2. The molecule has 4 rings (SSSR count). The van der Waals surface area contributed by atoms with Gasteiger partial charge in [-0.2, -0.15) is 0 Å². The standard InChI is InChI=1S/C21H19N3O2S/c1-13(25)14-5-8-16(9-6-14)23-20(26)15-7-10-17-19(12-15)27-21(24-17)18-4-2-3-11-22-18/h2-6,8-9,11,15H,7,10,12H2,1H3,(H,23,26). The van der Waals surface area contributed by atoms with Gasteiger partial charge in [0, 0.05) is 28.2 Å². The van der Waals surface area contributed by atoms with Gasteiger partial charge in [0.1, 0.15) is 5.01 Å². The van der Waals surface area contributed by atoms with Gasteiger partial charge in [-0.15, -0.1) is 11.3 Å². The Kier molecular flexibility index (Phi) is 4.81. The van der Waals surface area contributed by atoms with Crippen molar-refractivity contribution in [1.82, 2.24) is 9.97 Å². The second-order valence-corrected chi connectivity index (χ2v) is 7.75. The molecule has 27 heavy (non-hydrogen) atoms. The molecule has 1 N–H and O–H groups in total. The SMILES string of the molecule is CC(=O)c1ccc(NC(=O)C2CCc3nc(-c4ccccn4)sc3C2)cc1. The van der Waals surface area contributed by atoms with E-state index in [0.29, 0.717) is 17.7 Å². The van der Waals surface area contributed by atoms with E-state index in [-0.39, 0.29) is 17.6 Å². The van der Waals surface area contributed by atoms with Crippen molar-refractivity contribution in [3.05, 3.63) is 64.8 Å². The Morgan fingerprint density at radius 1 is 1.15 bits per heavy atom. The van der Waals surface area contributed by atoms with Gasteiger partial charge in [-0.25, -0.2) is 4.98 Å². The number of nitrogens with zero attached hydrogens (tertiary/aromatic N) is 2. The van der Waals surface area contributed by atoms with Crippen molar-refractivity contribution >= 4 is 28.7 Å². The third-order valence-electron chi connectivity index (χ3n) is 4.75. The average Bonchev–Trinajstić information content (AvgIpc) is 3.12. The van der Waals surface area contributed by atoms with Gasteiger partial charge in [-0.3, -0.25) is 14.6 Å². The van der Waals surface area contributed by atoms with Crippen molar-refractivity contribution in [3.8, 4) is 10.7 Å². The molecule has 6 heteroatoms. The van der Waals surface area contributed by atoms with Gasteiger partial charge in [0.2, 0.25) is 5.91 Å². The molecule has 1 aliphatic carbocycles. The number of benzene rings is 1. The highest BCUT2D eigenvalue weighted by Gasteiger charge is 2.28. The molecule has 0 fully saturated rings. The lowest BCUT2D eigenvalue weighted by Gasteiger charge is -2.20. The summed E-state index contributed by atoms with van der Waals surface area (Å²) in [5, 5.41) is 3.89. The van der Waals surface area contributed by atoms with E-state index < -0.39 is 0 Å². The molecule has 0 radical (unpaired) electrons. The number of nitrogens with one attached hydrogen (secondary N) is 1. The highest BCUT2D eigenvalue weighted by Crippen LogP contribution is 2.34. The minimum absolute atomic E-state index is 0.0154. The Morgan fingerprint density at radius 2 is 1.96 bits per heavy atom. The number of anilines is 1. The maximum absolute atomic E-state index is 12.7. The lowest BCUT2D eigenvalue weighted by atomic mass is 9.90. The van der Waals surface area contributed by atoms with Gasteiger partial charge in [0.05, 0.1) is 11.4 Å². The van der Waals surface area contributed by atoms with Crippen LogP contribution in [0.5, 0.6) is 0 Å². The fourth-order valence-corrected chi connectivity index (χ4v) is 4.39. The number of carbonyl (C=O) groups is 2. The molecule has 1 aromatic carbocycles. The summed E-state index contributed by atoms with van der Waals surface area (Å²) in [6.45, 7) is 1.53. The summed E-state index contributed by atoms with van der Waals surface area (Å²) < 4.78 is 0. The predicted octanol–water partition coefficient (Wildman–Crippen LogP) is 4.15. The first kappa shape index (κ1) is 17.5. The highest BCUT2D eigenvalue weighted by atomic mass is 32.1. The fourth-order valence-electron chi connectivity index (χ4n) is 3.23. The molecule has 1 aliphatic rings. The quantitative estimate of drug-likeness (QED) is 0.693. The van der Waals surface area contributed by atoms with Gasteiger partial charge in [0.15, 0.2) is 5.78 Å². The topological polar surface area (TPSA) is 72.0 Å². The zero-order chi connectivity index (χ0) is 18.8. The lowest BCUT2D eigenvalue weighted by molar-refractivity contribution is -0.120. The molecule has 0 spiro atoms. The smallest absolute Gasteiger partial charge is 0.227 e. The van der Waals surface area contributed by atoms with Crippen LogP contribution < -0.4 is 5.32 Å². The summed E-state index contributed by atoms with van der Waals surface area (Å²) in [6.07, 6.45) is 4.07. The van der Waals surface area contributed by atoms with Crippen LogP contribution in [-0.2, 0) is 17.6 Å². The normalized spacial score (nSPS) is 15.8. The second-order valence-electron chi connectivity index (χ2n) is 6.67. The van der Waals surface area contributed by atoms with E-state index in [1.807, 2.05) is 18.2 Å². The first-order chi connectivity index (χ1) is 13.1. The number of Topliss-reactive ketones (excluding diaryl/α,β-unsaturated/α-hetero) is 1. The molecule has 3 aromatic rings. The number of rotatable bonds is 4. The van der Waals surface area contributed by atoms with Gasteiger partial charge < -0.3 is 5.32 Å². The number of pyridine rings is 1. The highest BCUT2D eigenvalue weighted by molar-refractivity contribution is 7.15. The van der Waals surface area contributed by atoms with Crippen LogP contribution in [-0.4, -0.2) is 21.7 Å². The van der Waals surface area contributed by atoms with Gasteiger partial charge in [0.25, 0.3) is 0 Å². The Hall–Kier alpha value is -2.86. The zero-order valence-electron chi connectivity index (χ0n) is 14.9. The van der Waals surface area contributed by atoms with Crippen LogP contribution in [0.15, 0.2) is 48.7 Å². The molecule has 1 atom stereocenters. The van der Waals surface area contributed by atoms with Crippen molar-refractivity contribution in [3.63, 3.8) is 0 Å². The Morgan fingerprint density at radius 3 is 2.67 bits per heavy atom. The van der Waals surface area contributed by atoms with E-state index in [2.05, 4.69) is 10.3 Å². The van der Waals surface area contributed by atoms with Crippen LogP contribution in [0.1, 0.15) is 34.3 Å². The molecule has 0 saturated carbocycles.